The first kappa shape index (κ1) is 26.2. The SMILES string of the molecule is CCCCCCOC(=O)c1ccccc1.CCCCCCOc1ccccc1C(=O)O. The molecule has 0 unspecified atom stereocenters. The molecule has 0 spiro atoms. The number of carbonyl (C=O) groups excluding carboxylic acids is 1. The molecule has 0 heterocycles. The van der Waals surface area contributed by atoms with Crippen molar-refractivity contribution in [2.45, 2.75) is 65.2 Å². The molecule has 0 amide bonds. The molecule has 0 fully saturated rings. The molecule has 31 heavy (non-hydrogen) atoms. The monoisotopic (exact) mass is 428 g/mol. The van der Waals surface area contributed by atoms with Gasteiger partial charge in [-0.1, -0.05) is 82.7 Å². The summed E-state index contributed by atoms with van der Waals surface area (Å²) in [7, 11) is 0. The number of carbonyl (C=O) groups is 2. The molecule has 2 rings (SSSR count). The third kappa shape index (κ3) is 11.8. The van der Waals surface area contributed by atoms with Gasteiger partial charge in [-0.25, -0.2) is 9.59 Å². The first-order valence-electron chi connectivity index (χ1n) is 11.3. The summed E-state index contributed by atoms with van der Waals surface area (Å²) in [6.45, 7) is 5.44. The molecule has 2 aromatic carbocycles. The maximum atomic E-state index is 11.5. The molecular weight excluding hydrogens is 392 g/mol. The predicted molar refractivity (Wildman–Crippen MR) is 124 cm³/mol. The maximum Gasteiger partial charge on any atom is 0.339 e. The highest BCUT2D eigenvalue weighted by Crippen LogP contribution is 2.18. The van der Waals surface area contributed by atoms with Crippen LogP contribution in [0.2, 0.25) is 0 Å². The number of hydrogen-bond donors (Lipinski definition) is 1. The second-order valence-corrected chi connectivity index (χ2v) is 7.27. The Morgan fingerprint density at radius 3 is 1.94 bits per heavy atom. The van der Waals surface area contributed by atoms with Crippen LogP contribution in [0.15, 0.2) is 54.6 Å². The zero-order valence-corrected chi connectivity index (χ0v) is 18.8. The lowest BCUT2D eigenvalue weighted by Gasteiger charge is -2.08. The van der Waals surface area contributed by atoms with E-state index < -0.39 is 5.97 Å². The van der Waals surface area contributed by atoms with Gasteiger partial charge >= 0.3 is 11.9 Å². The van der Waals surface area contributed by atoms with Gasteiger partial charge in [-0.2, -0.15) is 0 Å². The Morgan fingerprint density at radius 1 is 0.742 bits per heavy atom. The Labute approximate surface area is 186 Å². The van der Waals surface area contributed by atoms with Crippen molar-refractivity contribution in [3.05, 3.63) is 65.7 Å². The number of esters is 1. The number of ether oxygens (including phenoxy) is 2. The van der Waals surface area contributed by atoms with Crippen molar-refractivity contribution in [2.75, 3.05) is 13.2 Å². The van der Waals surface area contributed by atoms with Gasteiger partial charge < -0.3 is 14.6 Å². The van der Waals surface area contributed by atoms with Crippen LogP contribution in [0.1, 0.15) is 85.9 Å². The number of unbranched alkanes of at least 4 members (excludes halogenated alkanes) is 6. The number of benzene rings is 2. The summed E-state index contributed by atoms with van der Waals surface area (Å²) in [6.07, 6.45) is 9.00. The highest BCUT2D eigenvalue weighted by atomic mass is 16.5. The minimum atomic E-state index is -0.941. The third-order valence-electron chi connectivity index (χ3n) is 4.61. The molecule has 5 nitrogen and oxygen atoms in total. The fraction of sp³-hybridized carbons (Fsp3) is 0.462. The average Bonchev–Trinajstić information content (AvgIpc) is 2.80. The van der Waals surface area contributed by atoms with Crippen molar-refractivity contribution in [2.24, 2.45) is 0 Å². The van der Waals surface area contributed by atoms with Crippen LogP contribution in [-0.4, -0.2) is 30.3 Å². The van der Waals surface area contributed by atoms with Crippen LogP contribution in [0.5, 0.6) is 5.75 Å². The Bertz CT molecular complexity index is 742. The van der Waals surface area contributed by atoms with Crippen molar-refractivity contribution >= 4 is 11.9 Å². The van der Waals surface area contributed by atoms with E-state index in [4.69, 9.17) is 14.6 Å². The van der Waals surface area contributed by atoms with Crippen LogP contribution in [0, 0.1) is 0 Å². The Morgan fingerprint density at radius 2 is 1.32 bits per heavy atom. The van der Waals surface area contributed by atoms with Crippen LogP contribution in [0.3, 0.4) is 0 Å². The van der Waals surface area contributed by atoms with Crippen LogP contribution in [-0.2, 0) is 4.74 Å². The van der Waals surface area contributed by atoms with E-state index in [9.17, 15) is 9.59 Å². The highest BCUT2D eigenvalue weighted by molar-refractivity contribution is 5.90. The molecule has 0 aliphatic rings. The molecule has 0 radical (unpaired) electrons. The molecule has 170 valence electrons. The van der Waals surface area contributed by atoms with E-state index in [2.05, 4.69) is 13.8 Å². The van der Waals surface area contributed by atoms with Crippen LogP contribution >= 0.6 is 0 Å². The minimum Gasteiger partial charge on any atom is -0.493 e. The van der Waals surface area contributed by atoms with Gasteiger partial charge in [0.15, 0.2) is 0 Å². The van der Waals surface area contributed by atoms with Gasteiger partial charge in [0.05, 0.1) is 18.8 Å². The van der Waals surface area contributed by atoms with Crippen molar-refractivity contribution in [1.82, 2.24) is 0 Å². The van der Waals surface area contributed by atoms with E-state index in [-0.39, 0.29) is 11.5 Å². The Hall–Kier alpha value is -2.82. The topological polar surface area (TPSA) is 72.8 Å². The van der Waals surface area contributed by atoms with Gasteiger partial charge in [-0.3, -0.25) is 0 Å². The van der Waals surface area contributed by atoms with Gasteiger partial charge in [-0.15, -0.1) is 0 Å². The average molecular weight is 429 g/mol. The smallest absolute Gasteiger partial charge is 0.339 e. The first-order chi connectivity index (χ1) is 15.1. The van der Waals surface area contributed by atoms with Gasteiger partial charge in [-0.05, 0) is 37.1 Å². The van der Waals surface area contributed by atoms with Crippen LogP contribution in [0.25, 0.3) is 0 Å². The standard InChI is InChI=1S/C13H18O3.C13H18O2/c1-2-3-4-7-10-16-12-9-6-5-8-11(12)13(14)15;1-2-3-4-8-11-15-13(14)12-9-6-5-7-10-12/h5-6,8-9H,2-4,7,10H2,1H3,(H,14,15);5-7,9-10H,2-4,8,11H2,1H3. The van der Waals surface area contributed by atoms with Gasteiger partial charge in [0.25, 0.3) is 0 Å². The van der Waals surface area contributed by atoms with E-state index in [1.165, 1.54) is 25.7 Å². The van der Waals surface area contributed by atoms with Gasteiger partial charge in [0, 0.05) is 0 Å². The summed E-state index contributed by atoms with van der Waals surface area (Å²) in [5.41, 5.74) is 0.867. The molecule has 2 aromatic rings. The van der Waals surface area contributed by atoms with Crippen molar-refractivity contribution in [1.29, 1.82) is 0 Å². The van der Waals surface area contributed by atoms with E-state index in [0.717, 1.165) is 25.7 Å². The summed E-state index contributed by atoms with van der Waals surface area (Å²) in [5.74, 6) is -0.692. The van der Waals surface area contributed by atoms with Crippen LogP contribution < -0.4 is 4.74 Å². The van der Waals surface area contributed by atoms with E-state index in [1.807, 2.05) is 18.2 Å². The number of carboxylic acids is 1. The first-order valence-corrected chi connectivity index (χ1v) is 11.3. The van der Waals surface area contributed by atoms with Crippen molar-refractivity contribution < 1.29 is 24.2 Å². The summed E-state index contributed by atoms with van der Waals surface area (Å²) in [6, 6.07) is 15.9. The summed E-state index contributed by atoms with van der Waals surface area (Å²) >= 11 is 0. The zero-order valence-electron chi connectivity index (χ0n) is 18.8. The molecule has 0 saturated heterocycles. The van der Waals surface area contributed by atoms with Crippen molar-refractivity contribution in [3.8, 4) is 5.75 Å². The van der Waals surface area contributed by atoms with Crippen LogP contribution in [0.4, 0.5) is 0 Å². The fourth-order valence-corrected chi connectivity index (χ4v) is 2.83. The van der Waals surface area contributed by atoms with Gasteiger partial charge in [0.2, 0.25) is 0 Å². The van der Waals surface area contributed by atoms with E-state index in [0.29, 0.717) is 24.5 Å². The number of rotatable bonds is 13. The molecule has 0 saturated carbocycles. The third-order valence-corrected chi connectivity index (χ3v) is 4.61. The lowest BCUT2D eigenvalue weighted by Crippen LogP contribution is -2.06. The molecule has 5 heteroatoms. The molecule has 0 bridgehead atoms. The quantitative estimate of drug-likeness (QED) is 0.282. The summed E-state index contributed by atoms with van der Waals surface area (Å²) in [5, 5.41) is 8.93. The van der Waals surface area contributed by atoms with E-state index in [1.54, 1.807) is 36.4 Å². The largest absolute Gasteiger partial charge is 0.493 e. The zero-order chi connectivity index (χ0) is 22.7. The summed E-state index contributed by atoms with van der Waals surface area (Å²) < 4.78 is 10.6. The molecule has 0 aromatic heterocycles. The predicted octanol–water partition coefficient (Wildman–Crippen LogP) is 6.77. The number of carboxylic acid groups (broad SMARTS) is 1. The fourth-order valence-electron chi connectivity index (χ4n) is 2.83. The molecule has 1 N–H and O–H groups in total. The number of hydrogen-bond acceptors (Lipinski definition) is 4. The van der Waals surface area contributed by atoms with E-state index >= 15 is 0 Å². The number of para-hydroxylation sites is 1. The second-order valence-electron chi connectivity index (χ2n) is 7.27. The van der Waals surface area contributed by atoms with Crippen molar-refractivity contribution in [3.63, 3.8) is 0 Å². The Balaban J connectivity index is 0.000000311. The Kier molecular flexibility index (Phi) is 14.3. The number of aromatic carboxylic acids is 1. The molecule has 0 aliphatic heterocycles. The summed E-state index contributed by atoms with van der Waals surface area (Å²) in [4.78, 5) is 22.3. The molecule has 0 atom stereocenters. The van der Waals surface area contributed by atoms with Gasteiger partial charge in [0.1, 0.15) is 11.3 Å². The highest BCUT2D eigenvalue weighted by Gasteiger charge is 2.09. The maximum absolute atomic E-state index is 11.5. The minimum absolute atomic E-state index is 0.216. The molecule has 0 aliphatic carbocycles. The lowest BCUT2D eigenvalue weighted by atomic mass is 10.2. The lowest BCUT2D eigenvalue weighted by molar-refractivity contribution is 0.0497. The second kappa shape index (κ2) is 16.9. The normalized spacial score (nSPS) is 10.0. The molecular formula is C26H36O5.